The third-order valence-electron chi connectivity index (χ3n) is 3.84. The molecule has 2 N–H and O–H groups in total. The van der Waals surface area contributed by atoms with Crippen LogP contribution in [0.2, 0.25) is 5.02 Å². The fourth-order valence-corrected chi connectivity index (χ4v) is 3.10. The second-order valence-corrected chi connectivity index (χ2v) is 5.65. The Bertz CT molecular complexity index is 523. The van der Waals surface area contributed by atoms with Gasteiger partial charge in [0.1, 0.15) is 11.5 Å². The van der Waals surface area contributed by atoms with E-state index in [0.717, 1.165) is 25.8 Å². The number of ether oxygens (including phenoxy) is 1. The van der Waals surface area contributed by atoms with E-state index in [9.17, 15) is 4.79 Å². The van der Waals surface area contributed by atoms with Crippen LogP contribution in [0.3, 0.4) is 0 Å². The Labute approximate surface area is 123 Å². The number of fused-ring (bicyclic) bond motifs is 2. The summed E-state index contributed by atoms with van der Waals surface area (Å²) in [6.45, 7) is 2.72. The number of nitrogens with zero attached hydrogens (tertiary/aromatic N) is 1. The summed E-state index contributed by atoms with van der Waals surface area (Å²) in [7, 11) is 0. The number of rotatable bonds is 4. The molecule has 2 fully saturated rings. The van der Waals surface area contributed by atoms with Gasteiger partial charge in [0.25, 0.3) is 5.91 Å². The number of hydrogen-bond acceptors (Lipinski definition) is 4. The molecule has 3 heterocycles. The van der Waals surface area contributed by atoms with Crippen molar-refractivity contribution in [3.8, 4) is 0 Å². The van der Waals surface area contributed by atoms with Crippen molar-refractivity contribution in [3.63, 3.8) is 0 Å². The molecule has 2 aliphatic heterocycles. The Morgan fingerprint density at radius 2 is 2.35 bits per heavy atom. The molecule has 1 aromatic rings. The number of hydrogen-bond donors (Lipinski definition) is 2. The minimum absolute atomic E-state index is 0.0851. The Kier molecular flexibility index (Phi) is 3.81. The van der Waals surface area contributed by atoms with Crippen molar-refractivity contribution in [3.05, 3.63) is 22.8 Å². The smallest absolute Gasteiger partial charge is 0.271 e. The van der Waals surface area contributed by atoms with Gasteiger partial charge in [-0.2, -0.15) is 0 Å². The van der Waals surface area contributed by atoms with E-state index in [1.807, 2.05) is 6.92 Å². The summed E-state index contributed by atoms with van der Waals surface area (Å²) in [6.07, 6.45) is 3.47. The van der Waals surface area contributed by atoms with Gasteiger partial charge in [-0.05, 0) is 38.3 Å². The molecule has 0 radical (unpaired) electrons. The van der Waals surface area contributed by atoms with Crippen LogP contribution in [0.4, 0.5) is 5.82 Å². The molecule has 20 heavy (non-hydrogen) atoms. The quantitative estimate of drug-likeness (QED) is 0.894. The molecule has 5 nitrogen and oxygen atoms in total. The topological polar surface area (TPSA) is 63.2 Å². The van der Waals surface area contributed by atoms with Gasteiger partial charge in [0.05, 0.1) is 23.3 Å². The van der Waals surface area contributed by atoms with Crippen molar-refractivity contribution < 1.29 is 9.53 Å². The zero-order valence-electron chi connectivity index (χ0n) is 11.4. The first-order chi connectivity index (χ1) is 9.67. The average Bonchev–Trinajstić information content (AvgIpc) is 3.03. The van der Waals surface area contributed by atoms with Gasteiger partial charge in [0.2, 0.25) is 0 Å². The first kappa shape index (κ1) is 13.6. The summed E-state index contributed by atoms with van der Waals surface area (Å²) in [5, 5.41) is 6.44. The highest BCUT2D eigenvalue weighted by atomic mass is 35.5. The van der Waals surface area contributed by atoms with Crippen LogP contribution in [0.5, 0.6) is 0 Å². The first-order valence-electron chi connectivity index (χ1n) is 7.04. The van der Waals surface area contributed by atoms with E-state index in [2.05, 4.69) is 15.6 Å². The highest BCUT2D eigenvalue weighted by molar-refractivity contribution is 6.33. The molecule has 3 atom stereocenters. The fourth-order valence-electron chi connectivity index (χ4n) is 2.91. The minimum atomic E-state index is -0.226. The maximum absolute atomic E-state index is 12.3. The van der Waals surface area contributed by atoms with Crippen LogP contribution in [0.25, 0.3) is 0 Å². The molecule has 2 bridgehead atoms. The van der Waals surface area contributed by atoms with Crippen molar-refractivity contribution in [2.75, 3.05) is 11.9 Å². The predicted octanol–water partition coefficient (Wildman–Crippen LogP) is 2.22. The van der Waals surface area contributed by atoms with Crippen molar-refractivity contribution in [2.24, 2.45) is 0 Å². The molecule has 0 saturated carbocycles. The molecule has 108 valence electrons. The van der Waals surface area contributed by atoms with Gasteiger partial charge < -0.3 is 15.4 Å². The Balaban J connectivity index is 1.71. The molecule has 0 aromatic carbocycles. The van der Waals surface area contributed by atoms with Gasteiger partial charge in [-0.25, -0.2) is 4.98 Å². The maximum atomic E-state index is 12.3. The van der Waals surface area contributed by atoms with Gasteiger partial charge >= 0.3 is 0 Å². The van der Waals surface area contributed by atoms with E-state index >= 15 is 0 Å². The van der Waals surface area contributed by atoms with E-state index in [4.69, 9.17) is 16.3 Å². The summed E-state index contributed by atoms with van der Waals surface area (Å²) >= 11 is 6.07. The van der Waals surface area contributed by atoms with Crippen LogP contribution in [-0.2, 0) is 4.74 Å². The molecule has 2 saturated heterocycles. The van der Waals surface area contributed by atoms with Gasteiger partial charge in [-0.3, -0.25) is 4.79 Å². The van der Waals surface area contributed by atoms with Crippen LogP contribution >= 0.6 is 11.6 Å². The SMILES string of the molecule is CCNc1ccc(Cl)c(C(=O)NC2CC3CCC2O3)n1. The zero-order chi connectivity index (χ0) is 14.1. The molecule has 0 spiro atoms. The summed E-state index contributed by atoms with van der Waals surface area (Å²) in [6, 6.07) is 3.55. The molecule has 1 amide bonds. The van der Waals surface area contributed by atoms with Crippen molar-refractivity contribution in [1.82, 2.24) is 10.3 Å². The highest BCUT2D eigenvalue weighted by Crippen LogP contribution is 2.34. The number of nitrogens with one attached hydrogen (secondary N) is 2. The van der Waals surface area contributed by atoms with Crippen LogP contribution < -0.4 is 10.6 Å². The first-order valence-corrected chi connectivity index (χ1v) is 7.42. The van der Waals surface area contributed by atoms with Crippen LogP contribution in [0.1, 0.15) is 36.7 Å². The lowest BCUT2D eigenvalue weighted by Gasteiger charge is -2.20. The van der Waals surface area contributed by atoms with Crippen LogP contribution in [0, 0.1) is 0 Å². The largest absolute Gasteiger partial charge is 0.373 e. The second-order valence-electron chi connectivity index (χ2n) is 5.25. The zero-order valence-corrected chi connectivity index (χ0v) is 12.1. The van der Waals surface area contributed by atoms with E-state index in [1.54, 1.807) is 12.1 Å². The summed E-state index contributed by atoms with van der Waals surface area (Å²) in [4.78, 5) is 16.6. The van der Waals surface area contributed by atoms with Crippen LogP contribution in [0.15, 0.2) is 12.1 Å². The van der Waals surface area contributed by atoms with Gasteiger partial charge in [-0.15, -0.1) is 0 Å². The number of halogens is 1. The Morgan fingerprint density at radius 3 is 3.00 bits per heavy atom. The number of anilines is 1. The molecule has 0 aliphatic carbocycles. The summed E-state index contributed by atoms with van der Waals surface area (Å²) in [5.74, 6) is 0.433. The lowest BCUT2D eigenvalue weighted by molar-refractivity contribution is 0.0837. The maximum Gasteiger partial charge on any atom is 0.271 e. The number of carbonyl (C=O) groups is 1. The molecular weight excluding hydrogens is 278 g/mol. The van der Waals surface area contributed by atoms with E-state index < -0.39 is 0 Å². The molecule has 1 aromatic heterocycles. The van der Waals surface area contributed by atoms with Crippen molar-refractivity contribution in [1.29, 1.82) is 0 Å². The van der Waals surface area contributed by atoms with E-state index in [-0.39, 0.29) is 23.7 Å². The molecule has 6 heteroatoms. The van der Waals surface area contributed by atoms with E-state index in [0.29, 0.717) is 16.9 Å². The van der Waals surface area contributed by atoms with Crippen LogP contribution in [-0.4, -0.2) is 35.7 Å². The van der Waals surface area contributed by atoms with Gasteiger partial charge in [-0.1, -0.05) is 11.6 Å². The highest BCUT2D eigenvalue weighted by Gasteiger charge is 2.41. The number of carbonyl (C=O) groups excluding carboxylic acids is 1. The molecular formula is C14H18ClN3O2. The molecule has 3 unspecified atom stereocenters. The summed E-state index contributed by atoms with van der Waals surface area (Å²) in [5.41, 5.74) is 0.271. The predicted molar refractivity (Wildman–Crippen MR) is 77.2 cm³/mol. The lowest BCUT2D eigenvalue weighted by atomic mass is 9.95. The third kappa shape index (κ3) is 2.60. The Morgan fingerprint density at radius 1 is 1.50 bits per heavy atom. The number of aromatic nitrogens is 1. The molecule has 2 aliphatic rings. The van der Waals surface area contributed by atoms with Gasteiger partial charge in [0, 0.05) is 6.54 Å². The summed E-state index contributed by atoms with van der Waals surface area (Å²) < 4.78 is 5.73. The van der Waals surface area contributed by atoms with E-state index in [1.165, 1.54) is 0 Å². The van der Waals surface area contributed by atoms with Crippen molar-refractivity contribution >= 4 is 23.3 Å². The normalized spacial score (nSPS) is 27.6. The average molecular weight is 296 g/mol. The number of pyridine rings is 1. The second kappa shape index (κ2) is 5.58. The Hall–Kier alpha value is -1.33. The fraction of sp³-hybridized carbons (Fsp3) is 0.571. The van der Waals surface area contributed by atoms with Gasteiger partial charge in [0.15, 0.2) is 0 Å². The minimum Gasteiger partial charge on any atom is -0.373 e. The third-order valence-corrected chi connectivity index (χ3v) is 4.15. The standard InChI is InChI=1S/C14H18ClN3O2/c1-2-16-12-6-4-9(15)13(18-12)14(19)17-10-7-8-3-5-11(10)20-8/h4,6,8,10-11H,2-3,5,7H2,1H3,(H,16,18)(H,17,19). The van der Waals surface area contributed by atoms with Crippen molar-refractivity contribution in [2.45, 2.75) is 44.4 Å². The monoisotopic (exact) mass is 295 g/mol. The number of amides is 1. The lowest BCUT2D eigenvalue weighted by Crippen LogP contribution is -2.41. The molecule has 3 rings (SSSR count).